The number of hydrogen-bond acceptors (Lipinski definition) is 5. The molecule has 1 aliphatic heterocycles. The minimum atomic E-state index is -0.113. The van der Waals surface area contributed by atoms with E-state index in [-0.39, 0.29) is 5.91 Å². The Labute approximate surface area is 151 Å². The number of carbonyl (C=O) groups excluding carboxylic acids is 1. The van der Waals surface area contributed by atoms with Crippen molar-refractivity contribution in [3.63, 3.8) is 0 Å². The molecule has 5 nitrogen and oxygen atoms in total. The molecule has 0 fully saturated rings. The molecule has 25 heavy (non-hydrogen) atoms. The summed E-state index contributed by atoms with van der Waals surface area (Å²) in [5, 5.41) is 4.02. The molecular weight excluding hydrogens is 336 g/mol. The zero-order valence-corrected chi connectivity index (χ0v) is 14.8. The molecule has 0 spiro atoms. The second-order valence-electron chi connectivity index (χ2n) is 5.58. The number of hydrogen-bond donors (Lipinski definition) is 1. The highest BCUT2D eigenvalue weighted by Crippen LogP contribution is 2.32. The Kier molecular flexibility index (Phi) is 5.95. The average Bonchev–Trinajstić information content (AvgIpc) is 2.64. The highest BCUT2D eigenvalue weighted by molar-refractivity contribution is 7.99. The second kappa shape index (κ2) is 8.58. The third-order valence-electron chi connectivity index (χ3n) is 3.61. The summed E-state index contributed by atoms with van der Waals surface area (Å²) in [5.41, 5.74) is 4.57. The Bertz CT molecular complexity index is 760. The molecule has 0 aromatic heterocycles. The van der Waals surface area contributed by atoms with Gasteiger partial charge in [0.15, 0.2) is 11.5 Å². The van der Waals surface area contributed by atoms with Gasteiger partial charge in [-0.25, -0.2) is 5.43 Å². The van der Waals surface area contributed by atoms with Crippen LogP contribution in [0.5, 0.6) is 11.5 Å². The van der Waals surface area contributed by atoms with E-state index in [0.29, 0.717) is 36.9 Å². The molecule has 1 N–H and O–H groups in total. The summed E-state index contributed by atoms with van der Waals surface area (Å²) in [6, 6.07) is 13.9. The maximum Gasteiger partial charge on any atom is 0.240 e. The number of nitrogens with one attached hydrogen (secondary N) is 1. The molecular formula is C19H20N2O3S. The molecule has 1 amide bonds. The van der Waals surface area contributed by atoms with Crippen molar-refractivity contribution in [3.05, 3.63) is 53.6 Å². The van der Waals surface area contributed by atoms with E-state index in [1.807, 2.05) is 18.2 Å². The van der Waals surface area contributed by atoms with Crippen molar-refractivity contribution in [3.8, 4) is 11.5 Å². The van der Waals surface area contributed by atoms with Crippen LogP contribution in [-0.2, 0) is 4.79 Å². The number of carbonyl (C=O) groups is 1. The molecule has 0 aliphatic carbocycles. The third kappa shape index (κ3) is 5.00. The van der Waals surface area contributed by atoms with E-state index in [9.17, 15) is 4.79 Å². The summed E-state index contributed by atoms with van der Waals surface area (Å²) in [7, 11) is 0. The van der Waals surface area contributed by atoms with Gasteiger partial charge in [-0.15, -0.1) is 11.8 Å². The van der Waals surface area contributed by atoms with Gasteiger partial charge in [-0.1, -0.05) is 23.8 Å². The van der Waals surface area contributed by atoms with Crippen LogP contribution in [-0.4, -0.2) is 31.1 Å². The summed E-state index contributed by atoms with van der Waals surface area (Å²) in [6.07, 6.45) is 1.99. The lowest BCUT2D eigenvalue weighted by atomic mass is 10.2. The molecule has 2 aromatic rings. The number of thioether (sulfide) groups is 1. The summed E-state index contributed by atoms with van der Waals surface area (Å²) in [6.45, 7) is 3.12. The average molecular weight is 356 g/mol. The fourth-order valence-electron chi connectivity index (χ4n) is 2.32. The van der Waals surface area contributed by atoms with Gasteiger partial charge in [0.2, 0.25) is 5.91 Å². The van der Waals surface area contributed by atoms with Crippen LogP contribution in [0.15, 0.2) is 52.5 Å². The van der Waals surface area contributed by atoms with Crippen LogP contribution >= 0.6 is 11.8 Å². The van der Waals surface area contributed by atoms with Gasteiger partial charge in [-0.2, -0.15) is 5.10 Å². The van der Waals surface area contributed by atoms with Gasteiger partial charge < -0.3 is 9.47 Å². The van der Waals surface area contributed by atoms with Gasteiger partial charge in [0, 0.05) is 22.6 Å². The number of hydrazone groups is 1. The first-order chi connectivity index (χ1) is 12.2. The van der Waals surface area contributed by atoms with E-state index in [4.69, 9.17) is 9.47 Å². The van der Waals surface area contributed by atoms with Gasteiger partial charge in [0.25, 0.3) is 0 Å². The quantitative estimate of drug-likeness (QED) is 0.490. The number of aryl methyl sites for hydroxylation is 1. The molecule has 3 rings (SSSR count). The highest BCUT2D eigenvalue weighted by Gasteiger charge is 2.14. The molecule has 130 valence electrons. The Hall–Kier alpha value is -2.47. The number of ether oxygens (including phenoxy) is 2. The predicted octanol–water partition coefficient (Wildman–Crippen LogP) is 3.40. The largest absolute Gasteiger partial charge is 0.486 e. The van der Waals surface area contributed by atoms with Crippen LogP contribution in [0.3, 0.4) is 0 Å². The fraction of sp³-hybridized carbons (Fsp3) is 0.263. The first-order valence-corrected chi connectivity index (χ1v) is 9.11. The van der Waals surface area contributed by atoms with E-state index in [0.717, 1.165) is 10.5 Å². The maximum absolute atomic E-state index is 11.9. The van der Waals surface area contributed by atoms with E-state index in [1.165, 1.54) is 5.56 Å². The smallest absolute Gasteiger partial charge is 0.240 e. The number of rotatable bonds is 6. The van der Waals surface area contributed by atoms with Crippen LogP contribution in [0.4, 0.5) is 0 Å². The summed E-state index contributed by atoms with van der Waals surface area (Å²) < 4.78 is 11.1. The predicted molar refractivity (Wildman–Crippen MR) is 99.7 cm³/mol. The number of amides is 1. The SMILES string of the molecule is Cc1ccc(SCCC(=O)N/N=C\c2cccc3c2OCCO3)cc1. The van der Waals surface area contributed by atoms with Crippen LogP contribution in [0, 0.1) is 6.92 Å². The van der Waals surface area contributed by atoms with Crippen molar-refractivity contribution in [2.45, 2.75) is 18.2 Å². The van der Waals surface area contributed by atoms with E-state index in [2.05, 4.69) is 41.7 Å². The van der Waals surface area contributed by atoms with Gasteiger partial charge >= 0.3 is 0 Å². The third-order valence-corrected chi connectivity index (χ3v) is 4.62. The van der Waals surface area contributed by atoms with Crippen molar-refractivity contribution in [1.82, 2.24) is 5.43 Å². The van der Waals surface area contributed by atoms with Gasteiger partial charge in [0.05, 0.1) is 6.21 Å². The molecule has 0 radical (unpaired) electrons. The molecule has 0 bridgehead atoms. The molecule has 0 saturated heterocycles. The lowest BCUT2D eigenvalue weighted by Gasteiger charge is -2.19. The van der Waals surface area contributed by atoms with E-state index < -0.39 is 0 Å². The monoisotopic (exact) mass is 356 g/mol. The Morgan fingerprint density at radius 1 is 1.20 bits per heavy atom. The summed E-state index contributed by atoms with van der Waals surface area (Å²) in [4.78, 5) is 13.0. The maximum atomic E-state index is 11.9. The van der Waals surface area contributed by atoms with Crippen LogP contribution < -0.4 is 14.9 Å². The first-order valence-electron chi connectivity index (χ1n) is 8.12. The standard InChI is InChI=1S/C19H20N2O3S/c1-14-5-7-16(8-6-14)25-12-9-18(22)21-20-13-15-3-2-4-17-19(15)24-11-10-23-17/h2-8,13H,9-12H2,1H3,(H,21,22)/b20-13-. The Morgan fingerprint density at radius 3 is 2.84 bits per heavy atom. The van der Waals surface area contributed by atoms with Crippen LogP contribution in [0.25, 0.3) is 0 Å². The van der Waals surface area contributed by atoms with Crippen LogP contribution in [0.2, 0.25) is 0 Å². The zero-order chi connectivity index (χ0) is 17.5. The topological polar surface area (TPSA) is 59.9 Å². The van der Waals surface area contributed by atoms with Crippen LogP contribution in [0.1, 0.15) is 17.5 Å². The summed E-state index contributed by atoms with van der Waals surface area (Å²) >= 11 is 1.66. The number of benzene rings is 2. The highest BCUT2D eigenvalue weighted by atomic mass is 32.2. The van der Waals surface area contributed by atoms with Gasteiger partial charge in [-0.3, -0.25) is 4.79 Å². The minimum absolute atomic E-state index is 0.113. The molecule has 0 saturated carbocycles. The zero-order valence-electron chi connectivity index (χ0n) is 14.0. The van der Waals surface area contributed by atoms with Gasteiger partial charge in [-0.05, 0) is 31.2 Å². The first kappa shape index (κ1) is 17.4. The Morgan fingerprint density at radius 2 is 2.00 bits per heavy atom. The number of para-hydroxylation sites is 1. The minimum Gasteiger partial charge on any atom is -0.486 e. The number of fused-ring (bicyclic) bond motifs is 1. The summed E-state index contributed by atoms with van der Waals surface area (Å²) in [5.74, 6) is 1.97. The van der Waals surface area contributed by atoms with Crippen molar-refractivity contribution in [2.24, 2.45) is 5.10 Å². The van der Waals surface area contributed by atoms with Crippen molar-refractivity contribution in [2.75, 3.05) is 19.0 Å². The van der Waals surface area contributed by atoms with Crippen molar-refractivity contribution in [1.29, 1.82) is 0 Å². The second-order valence-corrected chi connectivity index (χ2v) is 6.74. The lowest BCUT2D eigenvalue weighted by molar-refractivity contribution is -0.120. The lowest BCUT2D eigenvalue weighted by Crippen LogP contribution is -2.19. The van der Waals surface area contributed by atoms with E-state index in [1.54, 1.807) is 18.0 Å². The molecule has 2 aromatic carbocycles. The fourth-order valence-corrected chi connectivity index (χ4v) is 3.18. The Balaban J connectivity index is 1.46. The molecule has 1 aliphatic rings. The van der Waals surface area contributed by atoms with Gasteiger partial charge in [0.1, 0.15) is 13.2 Å². The normalized spacial score (nSPS) is 13.0. The van der Waals surface area contributed by atoms with E-state index >= 15 is 0 Å². The molecule has 6 heteroatoms. The molecule has 0 unspecified atom stereocenters. The van der Waals surface area contributed by atoms with Crippen molar-refractivity contribution >= 4 is 23.9 Å². The molecule has 1 heterocycles. The number of nitrogens with zero attached hydrogens (tertiary/aromatic N) is 1. The molecule has 0 atom stereocenters. The van der Waals surface area contributed by atoms with Crippen molar-refractivity contribution < 1.29 is 14.3 Å².